The van der Waals surface area contributed by atoms with Gasteiger partial charge in [-0.05, 0) is 13.0 Å². The van der Waals surface area contributed by atoms with Crippen molar-refractivity contribution >= 4 is 0 Å². The summed E-state index contributed by atoms with van der Waals surface area (Å²) < 4.78 is 41.7. The van der Waals surface area contributed by atoms with Crippen LogP contribution in [0.5, 0.6) is 0 Å². The summed E-state index contributed by atoms with van der Waals surface area (Å²) in [6.45, 7) is 0.380. The van der Waals surface area contributed by atoms with Crippen LogP contribution in [0.2, 0.25) is 0 Å². The van der Waals surface area contributed by atoms with Crippen LogP contribution in [-0.4, -0.2) is 25.9 Å². The highest BCUT2D eigenvalue weighted by Gasteiger charge is 2.45. The molecule has 0 aromatic rings. The van der Waals surface area contributed by atoms with Gasteiger partial charge in [0.1, 0.15) is 0 Å². The highest BCUT2D eigenvalue weighted by atomic mass is 19.4. The molecule has 1 aliphatic rings. The van der Waals surface area contributed by atoms with Gasteiger partial charge in [-0.15, -0.1) is 0 Å². The summed E-state index contributed by atoms with van der Waals surface area (Å²) >= 11 is 0. The highest BCUT2D eigenvalue weighted by molar-refractivity contribution is 4.79. The summed E-state index contributed by atoms with van der Waals surface area (Å²) in [4.78, 5) is 0. The van der Waals surface area contributed by atoms with Gasteiger partial charge in [0.15, 0.2) is 0 Å². The van der Waals surface area contributed by atoms with E-state index in [0.717, 1.165) is 0 Å². The van der Waals surface area contributed by atoms with E-state index in [0.29, 0.717) is 0 Å². The van der Waals surface area contributed by atoms with Gasteiger partial charge in [0.25, 0.3) is 0 Å². The van der Waals surface area contributed by atoms with E-state index in [1.54, 1.807) is 0 Å². The van der Waals surface area contributed by atoms with Crippen molar-refractivity contribution in [3.63, 3.8) is 0 Å². The Bertz CT molecular complexity index is 148. The first kappa shape index (κ1) is 9.80. The molecule has 1 heterocycles. The fourth-order valence-electron chi connectivity index (χ4n) is 1.46. The molecule has 0 aromatic heterocycles. The molecule has 0 bridgehead atoms. The van der Waals surface area contributed by atoms with Gasteiger partial charge in [0.05, 0.1) is 12.5 Å². The average molecular weight is 183 g/mol. The number of hydrogen-bond acceptors (Lipinski definition) is 2. The maximum absolute atomic E-state index is 12.3. The Morgan fingerprint density at radius 1 is 1.42 bits per heavy atom. The van der Waals surface area contributed by atoms with Crippen molar-refractivity contribution in [2.45, 2.75) is 12.6 Å². The lowest BCUT2D eigenvalue weighted by molar-refractivity contribution is -0.209. The molecule has 0 aliphatic carbocycles. The predicted octanol–water partition coefficient (Wildman–Crippen LogP) is 1.16. The summed E-state index contributed by atoms with van der Waals surface area (Å²) in [5.74, 6) is -1.82. The third-order valence-electron chi connectivity index (χ3n) is 2.20. The standard InChI is InChI=1S/C7H12F3NO/c8-7(9,10)6-1-2-12-4-5(6)3-11/h5-6H,1-4,11H2. The van der Waals surface area contributed by atoms with Crippen molar-refractivity contribution in [1.29, 1.82) is 0 Å². The van der Waals surface area contributed by atoms with Gasteiger partial charge in [-0.1, -0.05) is 0 Å². The first-order valence-corrected chi connectivity index (χ1v) is 3.90. The zero-order valence-electron chi connectivity index (χ0n) is 6.60. The Labute approximate surface area is 68.9 Å². The fourth-order valence-corrected chi connectivity index (χ4v) is 1.46. The lowest BCUT2D eigenvalue weighted by atomic mass is 9.88. The first-order chi connectivity index (χ1) is 5.55. The molecule has 0 saturated carbocycles. The van der Waals surface area contributed by atoms with E-state index < -0.39 is 18.0 Å². The van der Waals surface area contributed by atoms with Gasteiger partial charge >= 0.3 is 6.18 Å². The Kier molecular flexibility index (Phi) is 2.95. The number of halogens is 3. The van der Waals surface area contributed by atoms with Gasteiger partial charge < -0.3 is 10.5 Å². The van der Waals surface area contributed by atoms with E-state index in [1.165, 1.54) is 0 Å². The third-order valence-corrected chi connectivity index (χ3v) is 2.20. The number of ether oxygens (including phenoxy) is 1. The number of nitrogens with two attached hydrogens (primary N) is 1. The quantitative estimate of drug-likeness (QED) is 0.662. The molecule has 0 spiro atoms. The van der Waals surface area contributed by atoms with Crippen LogP contribution >= 0.6 is 0 Å². The summed E-state index contributed by atoms with van der Waals surface area (Å²) in [7, 11) is 0. The van der Waals surface area contributed by atoms with E-state index in [4.69, 9.17) is 10.5 Å². The zero-order chi connectivity index (χ0) is 9.19. The minimum Gasteiger partial charge on any atom is -0.381 e. The van der Waals surface area contributed by atoms with E-state index >= 15 is 0 Å². The largest absolute Gasteiger partial charge is 0.392 e. The second kappa shape index (κ2) is 3.62. The lowest BCUT2D eigenvalue weighted by Gasteiger charge is -2.31. The van der Waals surface area contributed by atoms with E-state index in [-0.39, 0.29) is 26.2 Å². The molecule has 2 N–H and O–H groups in total. The molecule has 1 fully saturated rings. The van der Waals surface area contributed by atoms with Crippen LogP contribution in [0.4, 0.5) is 13.2 Å². The Morgan fingerprint density at radius 3 is 2.50 bits per heavy atom. The molecule has 1 saturated heterocycles. The molecule has 2 unspecified atom stereocenters. The molecule has 5 heteroatoms. The molecular weight excluding hydrogens is 171 g/mol. The Balaban J connectivity index is 2.59. The van der Waals surface area contributed by atoms with Gasteiger partial charge in [-0.2, -0.15) is 13.2 Å². The van der Waals surface area contributed by atoms with Crippen molar-refractivity contribution in [1.82, 2.24) is 0 Å². The van der Waals surface area contributed by atoms with Crippen LogP contribution < -0.4 is 5.73 Å². The highest BCUT2D eigenvalue weighted by Crippen LogP contribution is 2.36. The minimum absolute atomic E-state index is 0.0458. The molecule has 0 aromatic carbocycles. The molecule has 12 heavy (non-hydrogen) atoms. The topological polar surface area (TPSA) is 35.2 Å². The Morgan fingerprint density at radius 2 is 2.08 bits per heavy atom. The average Bonchev–Trinajstić information content (AvgIpc) is 2.03. The van der Waals surface area contributed by atoms with Crippen molar-refractivity contribution in [3.05, 3.63) is 0 Å². The second-order valence-corrected chi connectivity index (χ2v) is 3.01. The van der Waals surface area contributed by atoms with Crippen molar-refractivity contribution in [2.75, 3.05) is 19.8 Å². The minimum atomic E-state index is -4.12. The van der Waals surface area contributed by atoms with Crippen molar-refractivity contribution in [3.8, 4) is 0 Å². The molecule has 0 amide bonds. The molecular formula is C7H12F3NO. The van der Waals surface area contributed by atoms with Crippen LogP contribution in [-0.2, 0) is 4.74 Å². The zero-order valence-corrected chi connectivity index (χ0v) is 6.60. The molecule has 0 radical (unpaired) electrons. The SMILES string of the molecule is NCC1COCCC1C(F)(F)F. The number of hydrogen-bond donors (Lipinski definition) is 1. The van der Waals surface area contributed by atoms with E-state index in [1.807, 2.05) is 0 Å². The van der Waals surface area contributed by atoms with Crippen LogP contribution in [0, 0.1) is 11.8 Å². The van der Waals surface area contributed by atoms with E-state index in [9.17, 15) is 13.2 Å². The summed E-state index contributed by atoms with van der Waals surface area (Å²) in [5.41, 5.74) is 5.21. The summed E-state index contributed by atoms with van der Waals surface area (Å²) in [6.07, 6.45) is -4.07. The summed E-state index contributed by atoms with van der Waals surface area (Å²) in [6, 6.07) is 0. The van der Waals surface area contributed by atoms with Gasteiger partial charge in [0.2, 0.25) is 0 Å². The van der Waals surface area contributed by atoms with Gasteiger partial charge in [-0.3, -0.25) is 0 Å². The predicted molar refractivity (Wildman–Crippen MR) is 37.5 cm³/mol. The molecule has 1 aliphatic heterocycles. The monoisotopic (exact) mass is 183 g/mol. The van der Waals surface area contributed by atoms with Gasteiger partial charge in [0, 0.05) is 12.5 Å². The fraction of sp³-hybridized carbons (Fsp3) is 1.00. The number of rotatable bonds is 1. The van der Waals surface area contributed by atoms with Crippen molar-refractivity contribution < 1.29 is 17.9 Å². The summed E-state index contributed by atoms with van der Waals surface area (Å²) in [5, 5.41) is 0. The normalized spacial score (nSPS) is 32.0. The smallest absolute Gasteiger partial charge is 0.381 e. The molecule has 2 atom stereocenters. The lowest BCUT2D eigenvalue weighted by Crippen LogP contribution is -2.41. The van der Waals surface area contributed by atoms with Crippen LogP contribution in [0.15, 0.2) is 0 Å². The maximum Gasteiger partial charge on any atom is 0.392 e. The van der Waals surface area contributed by atoms with Gasteiger partial charge in [-0.25, -0.2) is 0 Å². The van der Waals surface area contributed by atoms with Crippen LogP contribution in [0.3, 0.4) is 0 Å². The number of alkyl halides is 3. The molecule has 72 valence electrons. The molecule has 1 rings (SSSR count). The van der Waals surface area contributed by atoms with Crippen LogP contribution in [0.25, 0.3) is 0 Å². The van der Waals surface area contributed by atoms with Crippen molar-refractivity contribution in [2.24, 2.45) is 17.6 Å². The molecule has 2 nitrogen and oxygen atoms in total. The van der Waals surface area contributed by atoms with E-state index in [2.05, 4.69) is 0 Å². The third kappa shape index (κ3) is 2.10. The maximum atomic E-state index is 12.3. The second-order valence-electron chi connectivity index (χ2n) is 3.01. The first-order valence-electron chi connectivity index (χ1n) is 3.90. The van der Waals surface area contributed by atoms with Crippen LogP contribution in [0.1, 0.15) is 6.42 Å². The Hall–Kier alpha value is -0.290.